The Morgan fingerprint density at radius 1 is 1.00 bits per heavy atom. The van der Waals surface area contributed by atoms with Crippen LogP contribution in [0.25, 0.3) is 10.9 Å². The third kappa shape index (κ3) is 3.97. The van der Waals surface area contributed by atoms with E-state index in [4.69, 9.17) is 0 Å². The summed E-state index contributed by atoms with van der Waals surface area (Å²) in [5, 5.41) is 0.930. The lowest BCUT2D eigenvalue weighted by molar-refractivity contribution is -0.121. The highest BCUT2D eigenvalue weighted by atomic mass is 16.2. The van der Waals surface area contributed by atoms with Gasteiger partial charge in [-0.25, -0.2) is 0 Å². The number of likely N-dealkylation sites (N-methyl/N-ethyl adjacent to an activating group) is 1. The lowest BCUT2D eigenvalue weighted by atomic mass is 10.1. The van der Waals surface area contributed by atoms with E-state index in [1.165, 1.54) is 11.8 Å². The van der Waals surface area contributed by atoms with Crippen LogP contribution in [-0.2, 0) is 9.59 Å². The molecule has 2 amide bonds. The molecule has 1 aromatic heterocycles. The molecule has 2 aromatic carbocycles. The van der Waals surface area contributed by atoms with E-state index < -0.39 is 0 Å². The first-order valence-corrected chi connectivity index (χ1v) is 9.00. The van der Waals surface area contributed by atoms with Crippen molar-refractivity contribution in [3.05, 3.63) is 66.4 Å². The molecule has 0 atom stereocenters. The summed E-state index contributed by atoms with van der Waals surface area (Å²) in [5.41, 5.74) is 3.28. The van der Waals surface area contributed by atoms with Crippen LogP contribution in [0.5, 0.6) is 0 Å². The van der Waals surface area contributed by atoms with Crippen molar-refractivity contribution in [2.24, 2.45) is 0 Å². The minimum Gasteiger partial charge on any atom is -0.311 e. The van der Waals surface area contributed by atoms with E-state index in [0.29, 0.717) is 17.7 Å². The fourth-order valence-corrected chi connectivity index (χ4v) is 3.19. The van der Waals surface area contributed by atoms with Gasteiger partial charge in [0.2, 0.25) is 11.8 Å². The molecule has 0 saturated heterocycles. The quantitative estimate of drug-likeness (QED) is 0.691. The van der Waals surface area contributed by atoms with E-state index in [9.17, 15) is 9.59 Å². The zero-order chi connectivity index (χ0) is 19.4. The van der Waals surface area contributed by atoms with Gasteiger partial charge in [0.1, 0.15) is 6.54 Å². The Morgan fingerprint density at radius 3 is 2.44 bits per heavy atom. The number of hydrogen-bond donors (Lipinski definition) is 0. The van der Waals surface area contributed by atoms with Crippen molar-refractivity contribution in [3.8, 4) is 0 Å². The highest BCUT2D eigenvalue weighted by Crippen LogP contribution is 2.25. The van der Waals surface area contributed by atoms with Crippen LogP contribution < -0.4 is 9.80 Å². The fraction of sp³-hybridized carbons (Fsp3) is 0.227. The molecule has 0 radical (unpaired) electrons. The Hall–Kier alpha value is -3.21. The molecule has 0 aliphatic carbocycles. The molecule has 0 aliphatic heterocycles. The first-order chi connectivity index (χ1) is 13.0. The Bertz CT molecular complexity index is 979. The van der Waals surface area contributed by atoms with Crippen molar-refractivity contribution >= 4 is 34.1 Å². The molecule has 0 unspecified atom stereocenters. The standard InChI is InChI=1S/C22H23N3O2/c1-4-24(19-11-5-8-16(2)14-19)21(27)15-25(17(3)26)20-12-6-9-18-10-7-13-23-22(18)20/h5-14H,4,15H2,1-3H3. The predicted octanol–water partition coefficient (Wildman–Crippen LogP) is 3.95. The van der Waals surface area contributed by atoms with Crippen molar-refractivity contribution in [2.75, 3.05) is 22.9 Å². The number of nitrogens with zero attached hydrogens (tertiary/aromatic N) is 3. The maximum atomic E-state index is 13.0. The third-order valence-electron chi connectivity index (χ3n) is 4.51. The molecule has 138 valence electrons. The van der Waals surface area contributed by atoms with E-state index in [0.717, 1.165) is 16.6 Å². The Kier molecular flexibility index (Phi) is 5.50. The number of aryl methyl sites for hydroxylation is 1. The van der Waals surface area contributed by atoms with Crippen LogP contribution in [0.4, 0.5) is 11.4 Å². The van der Waals surface area contributed by atoms with Crippen molar-refractivity contribution < 1.29 is 9.59 Å². The average molecular weight is 361 g/mol. The maximum Gasteiger partial charge on any atom is 0.247 e. The zero-order valence-electron chi connectivity index (χ0n) is 15.8. The second-order valence-electron chi connectivity index (χ2n) is 6.43. The summed E-state index contributed by atoms with van der Waals surface area (Å²) >= 11 is 0. The van der Waals surface area contributed by atoms with Gasteiger partial charge >= 0.3 is 0 Å². The molecular weight excluding hydrogens is 338 g/mol. The minimum absolute atomic E-state index is 0.0349. The molecule has 3 aromatic rings. The van der Waals surface area contributed by atoms with Crippen LogP contribution >= 0.6 is 0 Å². The van der Waals surface area contributed by atoms with E-state index in [-0.39, 0.29) is 18.4 Å². The van der Waals surface area contributed by atoms with Crippen molar-refractivity contribution in [1.82, 2.24) is 4.98 Å². The summed E-state index contributed by atoms with van der Waals surface area (Å²) in [4.78, 5) is 33.0. The summed E-state index contributed by atoms with van der Waals surface area (Å²) in [6, 6.07) is 17.2. The fourth-order valence-electron chi connectivity index (χ4n) is 3.19. The normalized spacial score (nSPS) is 10.6. The molecule has 5 nitrogen and oxygen atoms in total. The SMILES string of the molecule is CCN(C(=O)CN(C(C)=O)c1cccc2cccnc12)c1cccc(C)c1. The molecule has 0 bridgehead atoms. The smallest absolute Gasteiger partial charge is 0.247 e. The van der Waals surface area contributed by atoms with Crippen LogP contribution in [0.15, 0.2) is 60.8 Å². The summed E-state index contributed by atoms with van der Waals surface area (Å²) in [6.45, 7) is 5.88. The molecule has 0 aliphatic rings. The minimum atomic E-state index is -0.193. The summed E-state index contributed by atoms with van der Waals surface area (Å²) in [7, 11) is 0. The van der Waals surface area contributed by atoms with Crippen LogP contribution in [0, 0.1) is 6.92 Å². The number of carbonyl (C=O) groups excluding carboxylic acids is 2. The van der Waals surface area contributed by atoms with Gasteiger partial charge in [0, 0.05) is 30.7 Å². The number of benzene rings is 2. The number of fused-ring (bicyclic) bond motifs is 1. The van der Waals surface area contributed by atoms with Gasteiger partial charge in [0.25, 0.3) is 0 Å². The molecular formula is C22H23N3O2. The molecule has 27 heavy (non-hydrogen) atoms. The van der Waals surface area contributed by atoms with E-state index in [1.807, 2.05) is 68.4 Å². The van der Waals surface area contributed by atoms with Gasteiger partial charge in [-0.1, -0.05) is 30.3 Å². The van der Waals surface area contributed by atoms with Gasteiger partial charge in [0.15, 0.2) is 0 Å². The summed E-state index contributed by atoms with van der Waals surface area (Å²) in [6.07, 6.45) is 1.69. The number of hydrogen-bond acceptors (Lipinski definition) is 3. The van der Waals surface area contributed by atoms with Crippen LogP contribution in [0.2, 0.25) is 0 Å². The van der Waals surface area contributed by atoms with Gasteiger partial charge < -0.3 is 9.80 Å². The monoisotopic (exact) mass is 361 g/mol. The number of amides is 2. The molecule has 0 spiro atoms. The van der Waals surface area contributed by atoms with Gasteiger partial charge in [-0.05, 0) is 43.7 Å². The average Bonchev–Trinajstić information content (AvgIpc) is 2.66. The lowest BCUT2D eigenvalue weighted by Gasteiger charge is -2.27. The Labute approximate surface area is 159 Å². The highest BCUT2D eigenvalue weighted by Gasteiger charge is 2.22. The highest BCUT2D eigenvalue weighted by molar-refractivity contribution is 6.07. The predicted molar refractivity (Wildman–Crippen MR) is 109 cm³/mol. The van der Waals surface area contributed by atoms with Gasteiger partial charge in [0.05, 0.1) is 11.2 Å². The van der Waals surface area contributed by atoms with Crippen LogP contribution in [0.1, 0.15) is 19.4 Å². The van der Waals surface area contributed by atoms with Crippen LogP contribution in [-0.4, -0.2) is 29.9 Å². The first kappa shape index (κ1) is 18.6. The number of carbonyl (C=O) groups is 2. The van der Waals surface area contributed by atoms with E-state index in [1.54, 1.807) is 11.1 Å². The summed E-state index contributed by atoms with van der Waals surface area (Å²) < 4.78 is 0. The molecule has 1 heterocycles. The van der Waals surface area contributed by atoms with Crippen molar-refractivity contribution in [2.45, 2.75) is 20.8 Å². The van der Waals surface area contributed by atoms with Crippen molar-refractivity contribution in [3.63, 3.8) is 0 Å². The number of pyridine rings is 1. The second kappa shape index (κ2) is 7.99. The van der Waals surface area contributed by atoms with Gasteiger partial charge in [-0.15, -0.1) is 0 Å². The molecule has 0 fully saturated rings. The number of para-hydroxylation sites is 1. The lowest BCUT2D eigenvalue weighted by Crippen LogP contribution is -2.42. The third-order valence-corrected chi connectivity index (χ3v) is 4.51. The number of aromatic nitrogens is 1. The first-order valence-electron chi connectivity index (χ1n) is 9.00. The zero-order valence-corrected chi connectivity index (χ0v) is 15.8. The Balaban J connectivity index is 1.94. The topological polar surface area (TPSA) is 53.5 Å². The van der Waals surface area contributed by atoms with Crippen LogP contribution in [0.3, 0.4) is 0 Å². The Morgan fingerprint density at radius 2 is 1.74 bits per heavy atom. The molecule has 0 N–H and O–H groups in total. The molecule has 5 heteroatoms. The molecule has 3 rings (SSSR count). The maximum absolute atomic E-state index is 13.0. The number of rotatable bonds is 5. The van der Waals surface area contributed by atoms with E-state index in [2.05, 4.69) is 4.98 Å². The molecule has 0 saturated carbocycles. The van der Waals surface area contributed by atoms with E-state index >= 15 is 0 Å². The van der Waals surface area contributed by atoms with Crippen molar-refractivity contribution in [1.29, 1.82) is 0 Å². The van der Waals surface area contributed by atoms with Gasteiger partial charge in [-0.3, -0.25) is 14.6 Å². The van der Waals surface area contributed by atoms with Gasteiger partial charge in [-0.2, -0.15) is 0 Å². The number of anilines is 2. The summed E-state index contributed by atoms with van der Waals surface area (Å²) in [5.74, 6) is -0.326. The second-order valence-corrected chi connectivity index (χ2v) is 6.43. The largest absolute Gasteiger partial charge is 0.311 e.